The second-order valence-electron chi connectivity index (χ2n) is 4.01. The predicted octanol–water partition coefficient (Wildman–Crippen LogP) is 4.15. The Kier molecular flexibility index (Phi) is 5.71. The molecule has 0 heterocycles. The highest BCUT2D eigenvalue weighted by atomic mass is 35.5. The topological polar surface area (TPSA) is 35.2 Å². The summed E-state index contributed by atoms with van der Waals surface area (Å²) < 4.78 is 5.73. The van der Waals surface area contributed by atoms with E-state index in [1.54, 1.807) is 30.0 Å². The number of hydrogen-bond donors (Lipinski definition) is 1. The van der Waals surface area contributed by atoms with Crippen LogP contribution in [-0.2, 0) is 0 Å². The molecule has 0 unspecified atom stereocenters. The first kappa shape index (κ1) is 15.2. The van der Waals surface area contributed by atoms with Crippen molar-refractivity contribution >= 4 is 40.6 Å². The van der Waals surface area contributed by atoms with Crippen molar-refractivity contribution in [2.45, 2.75) is 4.90 Å². The van der Waals surface area contributed by atoms with Gasteiger partial charge in [-0.2, -0.15) is 0 Å². The zero-order valence-corrected chi connectivity index (χ0v) is 13.1. The van der Waals surface area contributed by atoms with Gasteiger partial charge in [0.15, 0.2) is 0 Å². The second kappa shape index (κ2) is 7.53. The van der Waals surface area contributed by atoms with Crippen molar-refractivity contribution in [1.29, 1.82) is 0 Å². The molecule has 0 spiro atoms. The smallest absolute Gasteiger partial charge is 0.130 e. The van der Waals surface area contributed by atoms with E-state index in [4.69, 9.17) is 34.3 Å². The molecule has 20 heavy (non-hydrogen) atoms. The normalized spacial score (nSPS) is 10.2. The Morgan fingerprint density at radius 2 is 1.95 bits per heavy atom. The van der Waals surface area contributed by atoms with Gasteiger partial charge in [0.1, 0.15) is 10.7 Å². The third-order valence-electron chi connectivity index (χ3n) is 2.56. The first-order valence-corrected chi connectivity index (χ1v) is 7.84. The molecular weight excluding hydrogens is 310 g/mol. The van der Waals surface area contributed by atoms with Gasteiger partial charge in [-0.3, -0.25) is 0 Å². The van der Waals surface area contributed by atoms with E-state index in [0.717, 1.165) is 5.75 Å². The van der Waals surface area contributed by atoms with Gasteiger partial charge in [0.25, 0.3) is 0 Å². The van der Waals surface area contributed by atoms with E-state index in [1.807, 2.05) is 18.2 Å². The van der Waals surface area contributed by atoms with Crippen LogP contribution in [-0.4, -0.2) is 17.3 Å². The van der Waals surface area contributed by atoms with Gasteiger partial charge in [0.05, 0.1) is 12.2 Å². The molecule has 0 aliphatic rings. The van der Waals surface area contributed by atoms with E-state index in [-0.39, 0.29) is 0 Å². The minimum Gasteiger partial charge on any atom is -0.492 e. The lowest BCUT2D eigenvalue weighted by atomic mass is 10.2. The molecule has 0 fully saturated rings. The van der Waals surface area contributed by atoms with E-state index in [0.29, 0.717) is 27.9 Å². The molecule has 0 saturated carbocycles. The number of ether oxygens (including phenoxy) is 1. The van der Waals surface area contributed by atoms with Gasteiger partial charge in [-0.1, -0.05) is 42.0 Å². The van der Waals surface area contributed by atoms with Crippen LogP contribution in [0.3, 0.4) is 0 Å². The van der Waals surface area contributed by atoms with E-state index in [2.05, 4.69) is 12.1 Å². The number of thioether (sulfide) groups is 1. The molecule has 104 valence electrons. The van der Waals surface area contributed by atoms with Crippen molar-refractivity contribution in [3.05, 3.63) is 59.1 Å². The van der Waals surface area contributed by atoms with E-state index in [9.17, 15) is 0 Å². The molecule has 2 N–H and O–H groups in total. The third kappa shape index (κ3) is 4.40. The summed E-state index contributed by atoms with van der Waals surface area (Å²) in [6, 6.07) is 15.5. The summed E-state index contributed by atoms with van der Waals surface area (Å²) in [7, 11) is 0. The molecule has 0 radical (unpaired) electrons. The summed E-state index contributed by atoms with van der Waals surface area (Å²) in [5.41, 5.74) is 6.38. The quantitative estimate of drug-likeness (QED) is 0.492. The Bertz CT molecular complexity index is 590. The second-order valence-corrected chi connectivity index (χ2v) is 6.06. The van der Waals surface area contributed by atoms with Gasteiger partial charge in [-0.25, -0.2) is 0 Å². The molecule has 0 bridgehead atoms. The molecule has 5 heteroatoms. The van der Waals surface area contributed by atoms with Gasteiger partial charge in [0, 0.05) is 15.7 Å². The Labute approximate surface area is 133 Å². The highest BCUT2D eigenvalue weighted by Crippen LogP contribution is 2.24. The molecule has 0 amide bonds. The number of benzene rings is 2. The average Bonchev–Trinajstić information content (AvgIpc) is 2.44. The Balaban J connectivity index is 1.91. The highest BCUT2D eigenvalue weighted by molar-refractivity contribution is 7.99. The lowest BCUT2D eigenvalue weighted by molar-refractivity contribution is 0.343. The first-order chi connectivity index (χ1) is 9.66. The molecule has 2 rings (SSSR count). The minimum atomic E-state index is 0.312. The minimum absolute atomic E-state index is 0.312. The van der Waals surface area contributed by atoms with Gasteiger partial charge >= 0.3 is 0 Å². The maximum Gasteiger partial charge on any atom is 0.130 e. The average molecular weight is 324 g/mol. The maximum atomic E-state index is 5.96. The van der Waals surface area contributed by atoms with Gasteiger partial charge < -0.3 is 10.5 Å². The Morgan fingerprint density at radius 3 is 2.65 bits per heavy atom. The molecule has 0 saturated heterocycles. The van der Waals surface area contributed by atoms with Crippen LogP contribution < -0.4 is 10.5 Å². The first-order valence-electron chi connectivity index (χ1n) is 6.07. The summed E-state index contributed by atoms with van der Waals surface area (Å²) in [4.78, 5) is 1.53. The summed E-state index contributed by atoms with van der Waals surface area (Å²) in [5, 5.41) is 0.607. The van der Waals surface area contributed by atoms with Crippen LogP contribution in [0.25, 0.3) is 0 Å². The van der Waals surface area contributed by atoms with Crippen LogP contribution in [0.2, 0.25) is 5.02 Å². The lowest BCUT2D eigenvalue weighted by Crippen LogP contribution is -2.12. The fraction of sp³-hybridized carbons (Fsp3) is 0.133. The third-order valence-corrected chi connectivity index (χ3v) is 3.99. The summed E-state index contributed by atoms with van der Waals surface area (Å²) in [5.74, 6) is 1.48. The highest BCUT2D eigenvalue weighted by Gasteiger charge is 2.07. The number of hydrogen-bond acceptors (Lipinski definition) is 3. The number of rotatable bonds is 6. The van der Waals surface area contributed by atoms with Crippen molar-refractivity contribution in [2.24, 2.45) is 5.73 Å². The van der Waals surface area contributed by atoms with Crippen molar-refractivity contribution in [1.82, 2.24) is 0 Å². The maximum absolute atomic E-state index is 5.96. The van der Waals surface area contributed by atoms with Crippen LogP contribution in [0.1, 0.15) is 5.56 Å². The molecule has 2 aromatic carbocycles. The van der Waals surface area contributed by atoms with E-state index >= 15 is 0 Å². The van der Waals surface area contributed by atoms with Gasteiger partial charge in [0.2, 0.25) is 0 Å². The van der Waals surface area contributed by atoms with Crippen LogP contribution in [0.5, 0.6) is 5.75 Å². The van der Waals surface area contributed by atoms with E-state index in [1.165, 1.54) is 4.90 Å². The van der Waals surface area contributed by atoms with Crippen molar-refractivity contribution in [3.8, 4) is 5.75 Å². The number of halogens is 1. The monoisotopic (exact) mass is 323 g/mol. The van der Waals surface area contributed by atoms with Crippen molar-refractivity contribution in [3.63, 3.8) is 0 Å². The molecule has 0 atom stereocenters. The summed E-state index contributed by atoms with van der Waals surface area (Å²) >= 11 is 12.7. The fourth-order valence-corrected chi connectivity index (χ4v) is 2.73. The van der Waals surface area contributed by atoms with Crippen LogP contribution in [0, 0.1) is 0 Å². The predicted molar refractivity (Wildman–Crippen MR) is 90.0 cm³/mol. The SMILES string of the molecule is NC(=S)c1ccc(Cl)cc1OCCSc1ccccc1. The Hall–Kier alpha value is -1.23. The van der Waals surface area contributed by atoms with Crippen molar-refractivity contribution in [2.75, 3.05) is 12.4 Å². The zero-order chi connectivity index (χ0) is 14.4. The molecule has 0 aromatic heterocycles. The number of nitrogens with two attached hydrogens (primary N) is 1. The van der Waals surface area contributed by atoms with Crippen LogP contribution >= 0.6 is 35.6 Å². The Morgan fingerprint density at radius 1 is 1.20 bits per heavy atom. The molecular formula is C15H14ClNOS2. The van der Waals surface area contributed by atoms with Crippen molar-refractivity contribution < 1.29 is 4.74 Å². The fourth-order valence-electron chi connectivity index (χ4n) is 1.65. The standard InChI is InChI=1S/C15H14ClNOS2/c16-11-6-7-13(15(17)19)14(10-11)18-8-9-20-12-4-2-1-3-5-12/h1-7,10H,8-9H2,(H2,17,19). The zero-order valence-electron chi connectivity index (χ0n) is 10.7. The molecule has 2 aromatic rings. The van der Waals surface area contributed by atoms with E-state index < -0.39 is 0 Å². The van der Waals surface area contributed by atoms with Gasteiger partial charge in [-0.15, -0.1) is 11.8 Å². The summed E-state index contributed by atoms with van der Waals surface area (Å²) in [6.45, 7) is 0.565. The lowest BCUT2D eigenvalue weighted by Gasteiger charge is -2.11. The largest absolute Gasteiger partial charge is 0.492 e. The molecule has 0 aliphatic carbocycles. The number of thiocarbonyl (C=S) groups is 1. The van der Waals surface area contributed by atoms with Gasteiger partial charge in [-0.05, 0) is 30.3 Å². The van der Waals surface area contributed by atoms with Crippen LogP contribution in [0.15, 0.2) is 53.4 Å². The van der Waals surface area contributed by atoms with Crippen LogP contribution in [0.4, 0.5) is 0 Å². The molecule has 0 aliphatic heterocycles. The molecule has 2 nitrogen and oxygen atoms in total. The summed E-state index contributed by atoms with van der Waals surface area (Å²) in [6.07, 6.45) is 0.